The Morgan fingerprint density at radius 3 is 2.33 bits per heavy atom. The first kappa shape index (κ1) is 14.9. The summed E-state index contributed by atoms with van der Waals surface area (Å²) in [6.45, 7) is 0. The normalized spacial score (nSPS) is 10.5. The van der Waals surface area contributed by atoms with Crippen LogP contribution in [0.2, 0.25) is 0 Å². The van der Waals surface area contributed by atoms with Crippen molar-refractivity contribution >= 4 is 29.3 Å². The number of carbonyl (C=O) groups is 2. The third-order valence-electron chi connectivity index (χ3n) is 2.49. The predicted molar refractivity (Wildman–Crippen MR) is 82.4 cm³/mol. The molecule has 4 nitrogen and oxygen atoms in total. The highest BCUT2D eigenvalue weighted by molar-refractivity contribution is 7.99. The third-order valence-corrected chi connectivity index (χ3v) is 3.58. The molecular weight excluding hydrogens is 286 g/mol. The number of hydrogen-bond donors (Lipinski definition) is 2. The van der Waals surface area contributed by atoms with Crippen molar-refractivity contribution in [3.05, 3.63) is 66.7 Å². The number of benzene rings is 2. The monoisotopic (exact) mass is 299 g/mol. The maximum Gasteiger partial charge on any atom is 0.328 e. The molecule has 0 heterocycles. The zero-order valence-corrected chi connectivity index (χ0v) is 11.8. The van der Waals surface area contributed by atoms with Crippen molar-refractivity contribution in [3.63, 3.8) is 0 Å². The van der Waals surface area contributed by atoms with Gasteiger partial charge in [0.2, 0.25) is 5.91 Å². The van der Waals surface area contributed by atoms with Gasteiger partial charge in [-0.3, -0.25) is 4.79 Å². The molecule has 0 saturated carbocycles. The first-order valence-corrected chi connectivity index (χ1v) is 7.01. The second kappa shape index (κ2) is 7.31. The molecule has 0 radical (unpaired) electrons. The molecule has 0 spiro atoms. The maximum atomic E-state index is 11.7. The predicted octanol–water partition coefficient (Wildman–Crippen LogP) is 3.42. The topological polar surface area (TPSA) is 66.4 Å². The highest BCUT2D eigenvalue weighted by Crippen LogP contribution is 2.33. The van der Waals surface area contributed by atoms with Crippen LogP contribution in [-0.4, -0.2) is 17.0 Å². The lowest BCUT2D eigenvalue weighted by molar-refractivity contribution is -0.131. The molecule has 0 saturated heterocycles. The van der Waals surface area contributed by atoms with Crippen molar-refractivity contribution in [2.24, 2.45) is 0 Å². The zero-order chi connectivity index (χ0) is 15.1. The van der Waals surface area contributed by atoms with Crippen LogP contribution in [0.4, 0.5) is 5.69 Å². The van der Waals surface area contributed by atoms with Crippen molar-refractivity contribution in [1.29, 1.82) is 0 Å². The average Bonchev–Trinajstić information content (AvgIpc) is 2.48. The highest BCUT2D eigenvalue weighted by Gasteiger charge is 2.06. The molecule has 0 aliphatic carbocycles. The Labute approximate surface area is 126 Å². The Hall–Kier alpha value is -2.53. The number of nitrogens with one attached hydrogen (secondary N) is 1. The summed E-state index contributed by atoms with van der Waals surface area (Å²) in [5, 5.41) is 11.2. The Balaban J connectivity index is 2.14. The van der Waals surface area contributed by atoms with Crippen LogP contribution in [0, 0.1) is 0 Å². The standard InChI is InChI=1S/C16H13NO3S/c18-15(10-11-16(19)20)17-13-8-4-5-9-14(13)21-12-6-2-1-3-7-12/h1-11H,(H,17,18)(H,19,20)/b11-10+. The van der Waals surface area contributed by atoms with Gasteiger partial charge < -0.3 is 10.4 Å². The number of anilines is 1. The van der Waals surface area contributed by atoms with Gasteiger partial charge in [-0.1, -0.05) is 42.1 Å². The van der Waals surface area contributed by atoms with E-state index in [2.05, 4.69) is 5.32 Å². The van der Waals surface area contributed by atoms with Crippen LogP contribution in [0.5, 0.6) is 0 Å². The molecule has 21 heavy (non-hydrogen) atoms. The van der Waals surface area contributed by atoms with Crippen LogP contribution in [0.15, 0.2) is 76.5 Å². The molecule has 2 aromatic carbocycles. The number of hydrogen-bond acceptors (Lipinski definition) is 3. The van der Waals surface area contributed by atoms with Crippen LogP contribution in [0.25, 0.3) is 0 Å². The second-order valence-corrected chi connectivity index (χ2v) is 5.19. The molecule has 106 valence electrons. The quantitative estimate of drug-likeness (QED) is 0.830. The third kappa shape index (κ3) is 4.81. The van der Waals surface area contributed by atoms with Crippen LogP contribution >= 0.6 is 11.8 Å². The smallest absolute Gasteiger partial charge is 0.328 e. The van der Waals surface area contributed by atoms with Gasteiger partial charge in [0.05, 0.1) is 5.69 Å². The van der Waals surface area contributed by atoms with E-state index in [4.69, 9.17) is 5.11 Å². The molecular formula is C16H13NO3S. The highest BCUT2D eigenvalue weighted by atomic mass is 32.2. The summed E-state index contributed by atoms with van der Waals surface area (Å²) < 4.78 is 0. The lowest BCUT2D eigenvalue weighted by Gasteiger charge is -2.09. The molecule has 2 rings (SSSR count). The van der Waals surface area contributed by atoms with E-state index in [0.29, 0.717) is 5.69 Å². The lowest BCUT2D eigenvalue weighted by atomic mass is 10.3. The Bertz CT molecular complexity index is 668. The fourth-order valence-corrected chi connectivity index (χ4v) is 2.52. The molecule has 0 unspecified atom stereocenters. The summed E-state index contributed by atoms with van der Waals surface area (Å²) >= 11 is 1.53. The van der Waals surface area contributed by atoms with E-state index in [9.17, 15) is 9.59 Å². The summed E-state index contributed by atoms with van der Waals surface area (Å²) in [5.74, 6) is -1.63. The first-order valence-electron chi connectivity index (χ1n) is 6.19. The molecule has 0 aliphatic heterocycles. The van der Waals surface area contributed by atoms with Crippen molar-refractivity contribution in [3.8, 4) is 0 Å². The average molecular weight is 299 g/mol. The minimum atomic E-state index is -1.16. The maximum absolute atomic E-state index is 11.7. The summed E-state index contributed by atoms with van der Waals surface area (Å²) in [5.41, 5.74) is 0.645. The van der Waals surface area contributed by atoms with Gasteiger partial charge in [-0.2, -0.15) is 0 Å². The van der Waals surface area contributed by atoms with Gasteiger partial charge in [0.25, 0.3) is 0 Å². The van der Waals surface area contributed by atoms with Gasteiger partial charge in [-0.05, 0) is 24.3 Å². The molecule has 1 amide bonds. The van der Waals surface area contributed by atoms with Crippen LogP contribution < -0.4 is 5.32 Å². The molecule has 0 aliphatic rings. The summed E-state index contributed by atoms with van der Waals surface area (Å²) in [6, 6.07) is 17.2. The molecule has 2 N–H and O–H groups in total. The SMILES string of the molecule is O=C(O)/C=C/C(=O)Nc1ccccc1Sc1ccccc1. The van der Waals surface area contributed by atoms with Gasteiger partial charge in [0, 0.05) is 21.9 Å². The van der Waals surface area contributed by atoms with E-state index < -0.39 is 11.9 Å². The number of carbonyl (C=O) groups excluding carboxylic acids is 1. The van der Waals surface area contributed by atoms with E-state index in [1.165, 1.54) is 11.8 Å². The number of para-hydroxylation sites is 1. The summed E-state index contributed by atoms with van der Waals surface area (Å²) in [4.78, 5) is 24.0. The van der Waals surface area contributed by atoms with Crippen molar-refractivity contribution < 1.29 is 14.7 Å². The molecule has 0 fully saturated rings. The van der Waals surface area contributed by atoms with E-state index in [1.54, 1.807) is 6.07 Å². The minimum Gasteiger partial charge on any atom is -0.478 e. The van der Waals surface area contributed by atoms with Gasteiger partial charge in [0.1, 0.15) is 0 Å². The van der Waals surface area contributed by atoms with Gasteiger partial charge in [-0.15, -0.1) is 0 Å². The molecule has 5 heteroatoms. The molecule has 0 atom stereocenters. The number of carboxylic acid groups (broad SMARTS) is 1. The number of amides is 1. The Morgan fingerprint density at radius 1 is 0.952 bits per heavy atom. The Kier molecular flexibility index (Phi) is 5.17. The second-order valence-electron chi connectivity index (χ2n) is 4.07. The van der Waals surface area contributed by atoms with Crippen LogP contribution in [0.3, 0.4) is 0 Å². The summed E-state index contributed by atoms with van der Waals surface area (Å²) in [7, 11) is 0. The van der Waals surface area contributed by atoms with Crippen LogP contribution in [-0.2, 0) is 9.59 Å². The molecule has 0 bridgehead atoms. The van der Waals surface area contributed by atoms with Crippen molar-refractivity contribution in [1.82, 2.24) is 0 Å². The molecule has 2 aromatic rings. The van der Waals surface area contributed by atoms with E-state index in [-0.39, 0.29) is 0 Å². The number of rotatable bonds is 5. The first-order chi connectivity index (χ1) is 10.1. The van der Waals surface area contributed by atoms with E-state index >= 15 is 0 Å². The van der Waals surface area contributed by atoms with Crippen molar-refractivity contribution in [2.45, 2.75) is 9.79 Å². The van der Waals surface area contributed by atoms with Crippen molar-refractivity contribution in [2.75, 3.05) is 5.32 Å². The molecule has 0 aromatic heterocycles. The van der Waals surface area contributed by atoms with Gasteiger partial charge >= 0.3 is 5.97 Å². The minimum absolute atomic E-state index is 0.474. The fourth-order valence-electron chi connectivity index (χ4n) is 1.60. The van der Waals surface area contributed by atoms with Gasteiger partial charge in [0.15, 0.2) is 0 Å². The number of aliphatic carboxylic acids is 1. The zero-order valence-electron chi connectivity index (χ0n) is 11.0. The summed E-state index contributed by atoms with van der Waals surface area (Å²) in [6.07, 6.45) is 1.80. The lowest BCUT2D eigenvalue weighted by Crippen LogP contribution is -2.09. The van der Waals surface area contributed by atoms with E-state index in [1.807, 2.05) is 48.5 Å². The van der Waals surface area contributed by atoms with E-state index in [0.717, 1.165) is 21.9 Å². The fraction of sp³-hybridized carbons (Fsp3) is 0. The van der Waals surface area contributed by atoms with Gasteiger partial charge in [-0.25, -0.2) is 4.79 Å². The Morgan fingerprint density at radius 2 is 1.62 bits per heavy atom. The largest absolute Gasteiger partial charge is 0.478 e. The van der Waals surface area contributed by atoms with Crippen LogP contribution in [0.1, 0.15) is 0 Å². The number of carboxylic acids is 1.